The molecular formula is C26H32F2N2O3. The summed E-state index contributed by atoms with van der Waals surface area (Å²) in [5, 5.41) is 0. The van der Waals surface area contributed by atoms with Crippen LogP contribution in [0.3, 0.4) is 0 Å². The van der Waals surface area contributed by atoms with Crippen molar-refractivity contribution in [2.24, 2.45) is 0 Å². The van der Waals surface area contributed by atoms with E-state index in [1.165, 1.54) is 6.07 Å². The molecule has 0 saturated carbocycles. The van der Waals surface area contributed by atoms with Crippen LogP contribution in [0.2, 0.25) is 0 Å². The summed E-state index contributed by atoms with van der Waals surface area (Å²) in [6.07, 6.45) is 4.51. The fourth-order valence-corrected chi connectivity index (χ4v) is 4.97. The van der Waals surface area contributed by atoms with Gasteiger partial charge in [-0.25, -0.2) is 8.78 Å². The number of nitrogens with zero attached hydrogens (tertiary/aromatic N) is 2. The summed E-state index contributed by atoms with van der Waals surface area (Å²) < 4.78 is 39.8. The molecule has 1 amide bonds. The second kappa shape index (κ2) is 11.1. The first-order chi connectivity index (χ1) is 16.1. The monoisotopic (exact) mass is 458 g/mol. The Balaban J connectivity index is 1.57. The Labute approximate surface area is 194 Å². The molecule has 0 spiro atoms. The highest BCUT2D eigenvalue weighted by Gasteiger charge is 2.35. The van der Waals surface area contributed by atoms with Crippen molar-refractivity contribution >= 4 is 5.91 Å². The summed E-state index contributed by atoms with van der Waals surface area (Å²) in [5.41, 5.74) is 0.897. The first-order valence-corrected chi connectivity index (χ1v) is 11.8. The minimum atomic E-state index is -0.829. The average Bonchev–Trinajstić information content (AvgIpc) is 2.84. The van der Waals surface area contributed by atoms with Gasteiger partial charge in [-0.2, -0.15) is 0 Å². The Morgan fingerprint density at radius 3 is 2.70 bits per heavy atom. The van der Waals surface area contributed by atoms with Crippen molar-refractivity contribution in [2.75, 3.05) is 33.4 Å². The number of hydrogen-bond acceptors (Lipinski definition) is 4. The van der Waals surface area contributed by atoms with Crippen molar-refractivity contribution < 1.29 is 23.0 Å². The number of ether oxygens (including phenoxy) is 2. The maximum absolute atomic E-state index is 14.3. The molecule has 2 aliphatic rings. The number of piperidine rings is 1. The summed E-state index contributed by atoms with van der Waals surface area (Å²) in [5.74, 6) is -1.09. The number of carbonyl (C=O) groups excluding carboxylic acids is 1. The number of fused-ring (bicyclic) bond motifs is 2. The van der Waals surface area contributed by atoms with E-state index in [1.54, 1.807) is 13.2 Å². The molecule has 7 heteroatoms. The van der Waals surface area contributed by atoms with Crippen LogP contribution in [-0.2, 0) is 11.3 Å². The third-order valence-electron chi connectivity index (χ3n) is 6.71. The molecule has 2 aromatic rings. The average molecular weight is 459 g/mol. The summed E-state index contributed by atoms with van der Waals surface area (Å²) in [4.78, 5) is 17.6. The van der Waals surface area contributed by atoms with Crippen LogP contribution in [-0.4, -0.2) is 61.2 Å². The molecule has 2 aliphatic heterocycles. The predicted octanol–water partition coefficient (Wildman–Crippen LogP) is 4.65. The van der Waals surface area contributed by atoms with Gasteiger partial charge in [0.05, 0.1) is 17.7 Å². The van der Waals surface area contributed by atoms with Crippen molar-refractivity contribution in [3.63, 3.8) is 0 Å². The van der Waals surface area contributed by atoms with Gasteiger partial charge in [-0.15, -0.1) is 0 Å². The summed E-state index contributed by atoms with van der Waals surface area (Å²) in [6.45, 7) is 2.66. The lowest BCUT2D eigenvalue weighted by molar-refractivity contribution is -0.0155. The summed E-state index contributed by atoms with van der Waals surface area (Å²) in [6, 6.07) is 11.6. The number of methoxy groups -OCH3 is 1. The van der Waals surface area contributed by atoms with Crippen LogP contribution in [0.4, 0.5) is 8.78 Å². The largest absolute Gasteiger partial charge is 0.491 e. The SMILES string of the molecule is CO[C@H]1CCCN2C(=O)c3ccccc3OCCN(Cc3cccc(F)c3F)CCCC[C@@H]12. The van der Waals surface area contributed by atoms with Gasteiger partial charge in [0.1, 0.15) is 12.4 Å². The van der Waals surface area contributed by atoms with Crippen molar-refractivity contribution in [2.45, 2.75) is 50.8 Å². The van der Waals surface area contributed by atoms with Crippen LogP contribution < -0.4 is 4.74 Å². The lowest BCUT2D eigenvalue weighted by Gasteiger charge is -2.41. The molecule has 0 bridgehead atoms. The zero-order valence-corrected chi connectivity index (χ0v) is 19.1. The maximum atomic E-state index is 14.3. The molecular weight excluding hydrogens is 426 g/mol. The van der Waals surface area contributed by atoms with Crippen molar-refractivity contribution in [3.8, 4) is 5.75 Å². The highest BCUT2D eigenvalue weighted by molar-refractivity contribution is 5.97. The topological polar surface area (TPSA) is 42.0 Å². The fraction of sp³-hybridized carbons (Fsp3) is 0.500. The van der Waals surface area contributed by atoms with Gasteiger partial charge in [0.15, 0.2) is 11.6 Å². The number of para-hydroxylation sites is 1. The Morgan fingerprint density at radius 1 is 1.00 bits per heavy atom. The lowest BCUT2D eigenvalue weighted by atomic mass is 9.93. The zero-order valence-electron chi connectivity index (χ0n) is 19.1. The van der Waals surface area contributed by atoms with Crippen molar-refractivity contribution in [1.82, 2.24) is 9.80 Å². The Kier molecular flexibility index (Phi) is 7.93. The van der Waals surface area contributed by atoms with Gasteiger partial charge < -0.3 is 14.4 Å². The molecule has 2 aromatic carbocycles. The van der Waals surface area contributed by atoms with E-state index < -0.39 is 11.6 Å². The minimum Gasteiger partial charge on any atom is -0.491 e. The normalized spacial score (nSPS) is 22.9. The van der Waals surface area contributed by atoms with E-state index in [0.717, 1.165) is 44.7 Å². The van der Waals surface area contributed by atoms with Gasteiger partial charge >= 0.3 is 0 Å². The van der Waals surface area contributed by atoms with Crippen LogP contribution in [0.15, 0.2) is 42.5 Å². The molecule has 33 heavy (non-hydrogen) atoms. The zero-order chi connectivity index (χ0) is 23.2. The third-order valence-corrected chi connectivity index (χ3v) is 6.71. The molecule has 0 N–H and O–H groups in total. The fourth-order valence-electron chi connectivity index (χ4n) is 4.97. The predicted molar refractivity (Wildman–Crippen MR) is 122 cm³/mol. The number of amides is 1. The molecule has 2 heterocycles. The molecule has 4 rings (SSSR count). The van der Waals surface area contributed by atoms with E-state index in [2.05, 4.69) is 4.90 Å². The van der Waals surface area contributed by atoms with Crippen LogP contribution in [0, 0.1) is 11.6 Å². The second-order valence-electron chi connectivity index (χ2n) is 8.81. The van der Waals surface area contributed by atoms with Crippen molar-refractivity contribution in [1.29, 1.82) is 0 Å². The van der Waals surface area contributed by atoms with E-state index in [4.69, 9.17) is 9.47 Å². The first-order valence-electron chi connectivity index (χ1n) is 11.8. The van der Waals surface area contributed by atoms with Crippen LogP contribution in [0.5, 0.6) is 5.75 Å². The summed E-state index contributed by atoms with van der Waals surface area (Å²) in [7, 11) is 1.71. The second-order valence-corrected chi connectivity index (χ2v) is 8.81. The number of rotatable bonds is 3. The van der Waals surface area contributed by atoms with E-state index >= 15 is 0 Å². The van der Waals surface area contributed by atoms with E-state index in [9.17, 15) is 13.6 Å². The number of carbonyl (C=O) groups is 1. The van der Waals surface area contributed by atoms with Gasteiger partial charge in [0, 0.05) is 32.3 Å². The van der Waals surface area contributed by atoms with Crippen molar-refractivity contribution in [3.05, 3.63) is 65.2 Å². The molecule has 0 aromatic heterocycles. The van der Waals surface area contributed by atoms with Crippen LogP contribution >= 0.6 is 0 Å². The standard InChI is InChI=1S/C26H32F2N2O3/c1-32-24-13-7-15-30-22(24)11-4-5-14-29(18-19-8-6-10-21(27)25(19)28)16-17-33-23-12-3-2-9-20(23)26(30)31/h2-3,6,8-10,12,22,24H,4-5,7,11,13-18H2,1H3/t22-,24-/m0/s1. The number of benzene rings is 2. The number of halogens is 2. The van der Waals surface area contributed by atoms with E-state index in [1.807, 2.05) is 29.2 Å². The van der Waals surface area contributed by atoms with Gasteiger partial charge in [-0.1, -0.05) is 30.7 Å². The molecule has 2 atom stereocenters. The molecule has 5 nitrogen and oxygen atoms in total. The minimum absolute atomic E-state index is 0.0124. The van der Waals surface area contributed by atoms with Gasteiger partial charge in [0.25, 0.3) is 5.91 Å². The Bertz CT molecular complexity index is 955. The Hall–Kier alpha value is -2.51. The molecule has 178 valence electrons. The van der Waals surface area contributed by atoms with E-state index in [0.29, 0.717) is 43.1 Å². The summed E-state index contributed by atoms with van der Waals surface area (Å²) >= 11 is 0. The molecule has 1 saturated heterocycles. The molecule has 0 unspecified atom stereocenters. The first kappa shape index (κ1) is 23.6. The quantitative estimate of drug-likeness (QED) is 0.672. The van der Waals surface area contributed by atoms with E-state index in [-0.39, 0.29) is 18.1 Å². The molecule has 0 aliphatic carbocycles. The Morgan fingerprint density at radius 2 is 1.85 bits per heavy atom. The lowest BCUT2D eigenvalue weighted by Crippen LogP contribution is -2.51. The highest BCUT2D eigenvalue weighted by atomic mass is 19.2. The van der Waals surface area contributed by atoms with Gasteiger partial charge in [-0.05, 0) is 50.4 Å². The molecule has 0 radical (unpaired) electrons. The van der Waals surface area contributed by atoms with Gasteiger partial charge in [-0.3, -0.25) is 9.69 Å². The molecule has 1 fully saturated rings. The maximum Gasteiger partial charge on any atom is 0.257 e. The van der Waals surface area contributed by atoms with Crippen LogP contribution in [0.25, 0.3) is 0 Å². The highest BCUT2D eigenvalue weighted by Crippen LogP contribution is 2.29. The third kappa shape index (κ3) is 5.53. The number of hydrogen-bond donors (Lipinski definition) is 0. The van der Waals surface area contributed by atoms with Gasteiger partial charge in [0.2, 0.25) is 0 Å². The smallest absolute Gasteiger partial charge is 0.257 e. The van der Waals surface area contributed by atoms with Crippen LogP contribution in [0.1, 0.15) is 48.0 Å².